The van der Waals surface area contributed by atoms with Crippen molar-refractivity contribution in [3.05, 3.63) is 0 Å². The minimum absolute atomic E-state index is 0.169. The smallest absolute Gasteiger partial charge is 0.209 e. The fraction of sp³-hybridized carbons (Fsp3) is 0.538. The second-order valence-electron chi connectivity index (χ2n) is 4.54. The summed E-state index contributed by atoms with van der Waals surface area (Å²) >= 11 is 0. The van der Waals surface area contributed by atoms with Gasteiger partial charge in [-0.25, -0.2) is 0 Å². The van der Waals surface area contributed by atoms with Gasteiger partial charge in [-0.05, 0) is 13.3 Å². The van der Waals surface area contributed by atoms with Gasteiger partial charge in [0.2, 0.25) is 23.1 Å². The van der Waals surface area contributed by atoms with Crippen molar-refractivity contribution in [1.29, 1.82) is 0 Å². The SMILES string of the molecule is CC1C(=O)CC(=O)C1=O.CCC1C(=O)CC(=O)C1=O. The molecule has 19 heavy (non-hydrogen) atoms. The van der Waals surface area contributed by atoms with Gasteiger partial charge in [-0.15, -0.1) is 0 Å². The predicted octanol–water partition coefficient (Wildman–Crippen LogP) is -0.143. The number of Topliss-reactive ketones (excluding diaryl/α,β-unsaturated/α-hetero) is 6. The maximum atomic E-state index is 10.8. The van der Waals surface area contributed by atoms with Crippen LogP contribution in [0.5, 0.6) is 0 Å². The lowest BCUT2D eigenvalue weighted by atomic mass is 10.0. The molecule has 6 heteroatoms. The van der Waals surface area contributed by atoms with Crippen molar-refractivity contribution in [3.63, 3.8) is 0 Å². The molecule has 2 saturated carbocycles. The van der Waals surface area contributed by atoms with Crippen molar-refractivity contribution in [2.24, 2.45) is 11.8 Å². The third kappa shape index (κ3) is 3.07. The van der Waals surface area contributed by atoms with Crippen molar-refractivity contribution in [2.75, 3.05) is 0 Å². The predicted molar refractivity (Wildman–Crippen MR) is 62.2 cm³/mol. The Kier molecular flexibility index (Phi) is 4.58. The number of hydrogen-bond donors (Lipinski definition) is 0. The molecule has 2 rings (SSSR count). The average molecular weight is 266 g/mol. The van der Waals surface area contributed by atoms with Crippen LogP contribution in [0.3, 0.4) is 0 Å². The Morgan fingerprint density at radius 3 is 1.47 bits per heavy atom. The lowest BCUT2D eigenvalue weighted by Crippen LogP contribution is -2.15. The van der Waals surface area contributed by atoms with E-state index in [2.05, 4.69) is 0 Å². The molecule has 2 aliphatic carbocycles. The summed E-state index contributed by atoms with van der Waals surface area (Å²) in [4.78, 5) is 63.7. The molecule has 0 amide bonds. The molecule has 2 unspecified atom stereocenters. The molecule has 0 aromatic carbocycles. The highest BCUT2D eigenvalue weighted by Crippen LogP contribution is 2.17. The third-order valence-electron chi connectivity index (χ3n) is 3.21. The second-order valence-corrected chi connectivity index (χ2v) is 4.54. The van der Waals surface area contributed by atoms with Crippen molar-refractivity contribution in [1.82, 2.24) is 0 Å². The number of carbonyl (C=O) groups is 6. The van der Waals surface area contributed by atoms with Crippen molar-refractivity contribution < 1.29 is 28.8 Å². The van der Waals surface area contributed by atoms with Crippen LogP contribution in [0.2, 0.25) is 0 Å². The van der Waals surface area contributed by atoms with Crippen LogP contribution in [0.25, 0.3) is 0 Å². The zero-order valence-electron chi connectivity index (χ0n) is 10.7. The van der Waals surface area contributed by atoms with Gasteiger partial charge in [-0.1, -0.05) is 6.92 Å². The second kappa shape index (κ2) is 5.77. The summed E-state index contributed by atoms with van der Waals surface area (Å²) in [6.45, 7) is 3.20. The zero-order chi connectivity index (χ0) is 14.7. The summed E-state index contributed by atoms with van der Waals surface area (Å²) < 4.78 is 0. The van der Waals surface area contributed by atoms with Crippen LogP contribution in [-0.4, -0.2) is 34.7 Å². The average Bonchev–Trinajstić information content (AvgIpc) is 2.72. The summed E-state index contributed by atoms with van der Waals surface area (Å²) in [5.74, 6) is -3.82. The zero-order valence-corrected chi connectivity index (χ0v) is 10.7. The van der Waals surface area contributed by atoms with Crippen molar-refractivity contribution >= 4 is 34.7 Å². The van der Waals surface area contributed by atoms with Gasteiger partial charge >= 0.3 is 0 Å². The first kappa shape index (κ1) is 15.1. The molecule has 6 nitrogen and oxygen atoms in total. The molecule has 0 aromatic rings. The Labute approximate surface area is 109 Å². The largest absolute Gasteiger partial charge is 0.298 e. The minimum atomic E-state index is -0.669. The van der Waals surface area contributed by atoms with Gasteiger partial charge in [0, 0.05) is 0 Å². The van der Waals surface area contributed by atoms with Crippen LogP contribution < -0.4 is 0 Å². The molecule has 2 atom stereocenters. The highest BCUT2D eigenvalue weighted by Gasteiger charge is 2.38. The molecule has 0 N–H and O–H groups in total. The molecule has 0 heterocycles. The number of rotatable bonds is 1. The Morgan fingerprint density at radius 1 is 0.842 bits per heavy atom. The Bertz CT molecular complexity index is 487. The topological polar surface area (TPSA) is 102 Å². The highest BCUT2D eigenvalue weighted by molar-refractivity contribution is 6.50. The van der Waals surface area contributed by atoms with Gasteiger partial charge in [-0.3, -0.25) is 28.8 Å². The lowest BCUT2D eigenvalue weighted by molar-refractivity contribution is -0.136. The maximum absolute atomic E-state index is 10.8. The van der Waals surface area contributed by atoms with E-state index in [1.54, 1.807) is 6.92 Å². The molecule has 0 radical (unpaired) electrons. The first-order valence-electron chi connectivity index (χ1n) is 5.99. The first-order valence-corrected chi connectivity index (χ1v) is 5.99. The summed E-state index contributed by atoms with van der Waals surface area (Å²) in [6.07, 6.45) is 0.112. The molecule has 2 aliphatic rings. The monoisotopic (exact) mass is 266 g/mol. The molecular weight excluding hydrogens is 252 g/mol. The number of carbonyl (C=O) groups excluding carboxylic acids is 6. The first-order chi connectivity index (χ1) is 8.79. The van der Waals surface area contributed by atoms with Crippen molar-refractivity contribution in [2.45, 2.75) is 33.1 Å². The molecule has 0 saturated heterocycles. The van der Waals surface area contributed by atoms with E-state index in [1.165, 1.54) is 6.92 Å². The van der Waals surface area contributed by atoms with Crippen LogP contribution in [0.15, 0.2) is 0 Å². The van der Waals surface area contributed by atoms with Gasteiger partial charge in [0.15, 0.2) is 11.6 Å². The van der Waals surface area contributed by atoms with E-state index in [9.17, 15) is 28.8 Å². The van der Waals surface area contributed by atoms with Gasteiger partial charge in [0.1, 0.15) is 0 Å². The Balaban J connectivity index is 0.000000191. The van der Waals surface area contributed by atoms with E-state index >= 15 is 0 Å². The van der Waals surface area contributed by atoms with E-state index in [0.29, 0.717) is 6.42 Å². The fourth-order valence-corrected chi connectivity index (χ4v) is 1.91. The van der Waals surface area contributed by atoms with Gasteiger partial charge < -0.3 is 0 Å². The number of hydrogen-bond acceptors (Lipinski definition) is 6. The van der Waals surface area contributed by atoms with E-state index < -0.39 is 35.0 Å². The molecule has 2 fully saturated rings. The Hall–Kier alpha value is -1.98. The molecule has 0 aromatic heterocycles. The quantitative estimate of drug-likeness (QED) is 0.483. The minimum Gasteiger partial charge on any atom is -0.298 e. The van der Waals surface area contributed by atoms with Crippen LogP contribution in [0, 0.1) is 11.8 Å². The van der Waals surface area contributed by atoms with Crippen LogP contribution >= 0.6 is 0 Å². The van der Waals surface area contributed by atoms with E-state index in [1.807, 2.05) is 0 Å². The summed E-state index contributed by atoms with van der Waals surface area (Å²) in [5.41, 5.74) is 0. The molecule has 0 spiro atoms. The van der Waals surface area contributed by atoms with Gasteiger partial charge in [-0.2, -0.15) is 0 Å². The molecule has 0 aliphatic heterocycles. The molecular formula is C13H14O6. The molecule has 102 valence electrons. The standard InChI is InChI=1S/C7H8O3.C6H6O3/c1-2-4-5(8)3-6(9)7(4)10;1-3-4(7)2-5(8)6(3)9/h4H,2-3H2,1H3;3H,2H2,1H3. The van der Waals surface area contributed by atoms with E-state index in [4.69, 9.17) is 0 Å². The van der Waals surface area contributed by atoms with Gasteiger partial charge in [0.05, 0.1) is 24.7 Å². The number of ketones is 6. The van der Waals surface area contributed by atoms with Crippen LogP contribution in [0.4, 0.5) is 0 Å². The lowest BCUT2D eigenvalue weighted by Gasteiger charge is -1.96. The third-order valence-corrected chi connectivity index (χ3v) is 3.21. The Morgan fingerprint density at radius 2 is 1.32 bits per heavy atom. The molecule has 0 bridgehead atoms. The van der Waals surface area contributed by atoms with E-state index in [0.717, 1.165) is 0 Å². The van der Waals surface area contributed by atoms with Crippen molar-refractivity contribution in [3.8, 4) is 0 Å². The maximum Gasteiger partial charge on any atom is 0.209 e. The summed E-state index contributed by atoms with van der Waals surface area (Å²) in [7, 11) is 0. The summed E-state index contributed by atoms with van der Waals surface area (Å²) in [5, 5.41) is 0. The highest BCUT2D eigenvalue weighted by atomic mass is 16.2. The van der Waals surface area contributed by atoms with Crippen LogP contribution in [-0.2, 0) is 28.8 Å². The fourth-order valence-electron chi connectivity index (χ4n) is 1.91. The van der Waals surface area contributed by atoms with Crippen LogP contribution in [0.1, 0.15) is 33.1 Å². The normalized spacial score (nSPS) is 26.8. The van der Waals surface area contributed by atoms with Gasteiger partial charge in [0.25, 0.3) is 0 Å². The summed E-state index contributed by atoms with van der Waals surface area (Å²) in [6, 6.07) is 0. The van der Waals surface area contributed by atoms with E-state index in [-0.39, 0.29) is 24.4 Å².